The van der Waals surface area contributed by atoms with E-state index in [0.717, 1.165) is 39.3 Å². The van der Waals surface area contributed by atoms with Crippen molar-refractivity contribution in [1.29, 1.82) is 0 Å². The molecular weight excluding hydrogens is 410 g/mol. The third-order valence-corrected chi connectivity index (χ3v) is 5.74. The van der Waals surface area contributed by atoms with Crippen molar-refractivity contribution in [2.24, 2.45) is 0 Å². The van der Waals surface area contributed by atoms with Crippen molar-refractivity contribution in [3.05, 3.63) is 119 Å². The van der Waals surface area contributed by atoms with Gasteiger partial charge in [-0.1, -0.05) is 72.8 Å². The van der Waals surface area contributed by atoms with E-state index >= 15 is 0 Å². The van der Waals surface area contributed by atoms with E-state index in [1.54, 1.807) is 0 Å². The molecule has 0 saturated carbocycles. The molecule has 0 spiro atoms. The van der Waals surface area contributed by atoms with Gasteiger partial charge in [0.1, 0.15) is 0 Å². The molecule has 0 aliphatic rings. The Morgan fingerprint density at radius 1 is 0.848 bits per heavy atom. The zero-order valence-corrected chi connectivity index (χ0v) is 19.1. The molecule has 1 heterocycles. The summed E-state index contributed by atoms with van der Waals surface area (Å²) in [7, 11) is 0. The highest BCUT2D eigenvalue weighted by molar-refractivity contribution is 5.79. The van der Waals surface area contributed by atoms with Crippen molar-refractivity contribution in [2.45, 2.75) is 40.0 Å². The summed E-state index contributed by atoms with van der Waals surface area (Å²) in [5, 5.41) is 7.71. The lowest BCUT2D eigenvalue weighted by Gasteiger charge is -2.12. The Morgan fingerprint density at radius 3 is 2.21 bits per heavy atom. The standard InChI is InChI=1S/C28H29N3O2/c1-21-27(22(2)31(30-21)26-15-7-4-8-16-26)17-28(32)29-18-24-13-9-10-14-25(24)20-33-19-23-11-5-3-6-12-23/h3-16H,17-20H2,1-2H3,(H,29,32). The summed E-state index contributed by atoms with van der Waals surface area (Å²) >= 11 is 0. The van der Waals surface area contributed by atoms with Crippen molar-refractivity contribution >= 4 is 5.91 Å². The van der Waals surface area contributed by atoms with Crippen LogP contribution in [0, 0.1) is 13.8 Å². The van der Waals surface area contributed by atoms with Gasteiger partial charge >= 0.3 is 0 Å². The molecule has 0 bridgehead atoms. The van der Waals surface area contributed by atoms with Gasteiger partial charge in [0.25, 0.3) is 0 Å². The van der Waals surface area contributed by atoms with Gasteiger partial charge < -0.3 is 10.1 Å². The van der Waals surface area contributed by atoms with Crippen LogP contribution in [0.1, 0.15) is 33.6 Å². The van der Waals surface area contributed by atoms with Crippen LogP contribution in [0.5, 0.6) is 0 Å². The molecule has 4 aromatic rings. The maximum absolute atomic E-state index is 12.8. The minimum absolute atomic E-state index is 0.0196. The van der Waals surface area contributed by atoms with Crippen LogP contribution < -0.4 is 5.32 Å². The van der Waals surface area contributed by atoms with Crippen molar-refractivity contribution in [1.82, 2.24) is 15.1 Å². The lowest BCUT2D eigenvalue weighted by molar-refractivity contribution is -0.120. The lowest BCUT2D eigenvalue weighted by atomic mass is 10.1. The highest BCUT2D eigenvalue weighted by Gasteiger charge is 2.16. The van der Waals surface area contributed by atoms with Crippen LogP contribution in [0.4, 0.5) is 0 Å². The molecule has 0 unspecified atom stereocenters. The molecule has 1 aromatic heterocycles. The highest BCUT2D eigenvalue weighted by Crippen LogP contribution is 2.18. The molecule has 0 atom stereocenters. The molecule has 0 aliphatic heterocycles. The van der Waals surface area contributed by atoms with Crippen molar-refractivity contribution < 1.29 is 9.53 Å². The van der Waals surface area contributed by atoms with E-state index in [0.29, 0.717) is 26.2 Å². The van der Waals surface area contributed by atoms with Crippen LogP contribution in [-0.2, 0) is 35.7 Å². The molecule has 0 aliphatic carbocycles. The van der Waals surface area contributed by atoms with E-state index in [2.05, 4.69) is 22.5 Å². The number of ether oxygens (including phenoxy) is 1. The van der Waals surface area contributed by atoms with E-state index in [9.17, 15) is 4.79 Å². The van der Waals surface area contributed by atoms with Gasteiger partial charge in [0.2, 0.25) is 5.91 Å². The first-order valence-electron chi connectivity index (χ1n) is 11.2. The van der Waals surface area contributed by atoms with Crippen molar-refractivity contribution in [2.75, 3.05) is 0 Å². The summed E-state index contributed by atoms with van der Waals surface area (Å²) in [6, 6.07) is 28.2. The molecule has 33 heavy (non-hydrogen) atoms. The fraction of sp³-hybridized carbons (Fsp3) is 0.214. The van der Waals surface area contributed by atoms with Gasteiger partial charge in [-0.3, -0.25) is 4.79 Å². The Kier molecular flexibility index (Phi) is 7.33. The van der Waals surface area contributed by atoms with Crippen LogP contribution in [-0.4, -0.2) is 15.7 Å². The van der Waals surface area contributed by atoms with Gasteiger partial charge in [-0.05, 0) is 42.7 Å². The largest absolute Gasteiger partial charge is 0.372 e. The van der Waals surface area contributed by atoms with E-state index in [1.807, 2.05) is 91.3 Å². The monoisotopic (exact) mass is 439 g/mol. The Bertz CT molecular complexity index is 1200. The number of hydrogen-bond acceptors (Lipinski definition) is 3. The molecule has 5 heteroatoms. The second-order valence-electron chi connectivity index (χ2n) is 8.10. The number of amides is 1. The minimum atomic E-state index is -0.0196. The summed E-state index contributed by atoms with van der Waals surface area (Å²) in [6.45, 7) is 5.49. The first kappa shape index (κ1) is 22.5. The average Bonchev–Trinajstić information content (AvgIpc) is 3.13. The molecule has 5 nitrogen and oxygen atoms in total. The number of nitrogens with one attached hydrogen (secondary N) is 1. The number of aryl methyl sites for hydroxylation is 1. The van der Waals surface area contributed by atoms with Gasteiger partial charge in [0.15, 0.2) is 0 Å². The summed E-state index contributed by atoms with van der Waals surface area (Å²) in [6.07, 6.45) is 0.303. The maximum atomic E-state index is 12.8. The molecule has 1 amide bonds. The highest BCUT2D eigenvalue weighted by atomic mass is 16.5. The SMILES string of the molecule is Cc1nn(-c2ccccc2)c(C)c1CC(=O)NCc1ccccc1COCc1ccccc1. The number of para-hydroxylation sites is 1. The zero-order chi connectivity index (χ0) is 23.0. The first-order chi connectivity index (χ1) is 16.1. The molecule has 0 fully saturated rings. The number of nitrogens with zero attached hydrogens (tertiary/aromatic N) is 2. The third-order valence-electron chi connectivity index (χ3n) is 5.74. The normalized spacial score (nSPS) is 10.8. The first-order valence-corrected chi connectivity index (χ1v) is 11.2. The number of hydrogen-bond donors (Lipinski definition) is 1. The second-order valence-corrected chi connectivity index (χ2v) is 8.10. The maximum Gasteiger partial charge on any atom is 0.224 e. The van der Waals surface area contributed by atoms with E-state index < -0.39 is 0 Å². The Labute approximate surface area is 195 Å². The van der Waals surface area contributed by atoms with Crippen LogP contribution in [0.2, 0.25) is 0 Å². The number of carbonyl (C=O) groups excluding carboxylic acids is 1. The van der Waals surface area contributed by atoms with Gasteiger partial charge in [0, 0.05) is 17.8 Å². The number of carbonyl (C=O) groups is 1. The Morgan fingerprint density at radius 2 is 1.48 bits per heavy atom. The molecule has 3 aromatic carbocycles. The summed E-state index contributed by atoms with van der Waals surface area (Å²) in [4.78, 5) is 12.8. The van der Waals surface area contributed by atoms with Crippen LogP contribution >= 0.6 is 0 Å². The fourth-order valence-corrected chi connectivity index (χ4v) is 3.89. The fourth-order valence-electron chi connectivity index (χ4n) is 3.89. The number of rotatable bonds is 9. The third kappa shape index (κ3) is 5.76. The van der Waals surface area contributed by atoms with Crippen LogP contribution in [0.25, 0.3) is 5.69 Å². The number of aromatic nitrogens is 2. The Balaban J connectivity index is 1.35. The molecule has 1 N–H and O–H groups in total. The molecule has 0 saturated heterocycles. The molecule has 4 rings (SSSR count). The minimum Gasteiger partial charge on any atom is -0.372 e. The number of benzene rings is 3. The molecular formula is C28H29N3O2. The van der Waals surface area contributed by atoms with E-state index in [1.165, 1.54) is 0 Å². The summed E-state index contributed by atoms with van der Waals surface area (Å²) < 4.78 is 7.80. The van der Waals surface area contributed by atoms with Crippen LogP contribution in [0.3, 0.4) is 0 Å². The smallest absolute Gasteiger partial charge is 0.224 e. The van der Waals surface area contributed by atoms with Crippen molar-refractivity contribution in [3.8, 4) is 5.69 Å². The van der Waals surface area contributed by atoms with Crippen molar-refractivity contribution in [3.63, 3.8) is 0 Å². The van der Waals surface area contributed by atoms with Gasteiger partial charge in [-0.2, -0.15) is 5.10 Å². The Hall–Kier alpha value is -3.70. The molecule has 168 valence electrons. The second kappa shape index (κ2) is 10.7. The lowest BCUT2D eigenvalue weighted by Crippen LogP contribution is -2.25. The van der Waals surface area contributed by atoms with Gasteiger partial charge in [-0.25, -0.2) is 4.68 Å². The predicted molar refractivity (Wildman–Crippen MR) is 130 cm³/mol. The zero-order valence-electron chi connectivity index (χ0n) is 19.1. The van der Waals surface area contributed by atoms with E-state index in [4.69, 9.17) is 4.74 Å². The average molecular weight is 440 g/mol. The van der Waals surface area contributed by atoms with Gasteiger partial charge in [0.05, 0.1) is 31.0 Å². The van der Waals surface area contributed by atoms with Crippen LogP contribution in [0.15, 0.2) is 84.9 Å². The predicted octanol–water partition coefficient (Wildman–Crippen LogP) is 5.06. The topological polar surface area (TPSA) is 56.2 Å². The molecule has 0 radical (unpaired) electrons. The van der Waals surface area contributed by atoms with E-state index in [-0.39, 0.29) is 5.91 Å². The quantitative estimate of drug-likeness (QED) is 0.396. The van der Waals surface area contributed by atoms with Gasteiger partial charge in [-0.15, -0.1) is 0 Å². The summed E-state index contributed by atoms with van der Waals surface area (Å²) in [5.41, 5.74) is 7.12. The summed E-state index contributed by atoms with van der Waals surface area (Å²) in [5.74, 6) is -0.0196.